The van der Waals surface area contributed by atoms with Crippen LogP contribution in [-0.4, -0.2) is 9.97 Å². The molecular formula is C18H13N3. The molecule has 0 aliphatic carbocycles. The number of aryl methyl sites for hydroxylation is 1. The molecule has 0 aliphatic rings. The van der Waals surface area contributed by atoms with E-state index in [9.17, 15) is 0 Å². The number of aromatic nitrogens is 2. The fourth-order valence-corrected chi connectivity index (χ4v) is 2.20. The zero-order chi connectivity index (χ0) is 14.7. The first-order valence-electron chi connectivity index (χ1n) is 6.67. The summed E-state index contributed by atoms with van der Waals surface area (Å²) in [7, 11) is 0. The fraction of sp³-hybridized carbons (Fsp3) is 0.0556. The SMILES string of the molecule is Cc1nc(-c2ccccc2)ncc1-c1ccc(C#N)cc1. The van der Waals surface area contributed by atoms with Crippen LogP contribution in [0.3, 0.4) is 0 Å². The summed E-state index contributed by atoms with van der Waals surface area (Å²) in [6.45, 7) is 1.97. The molecule has 0 amide bonds. The largest absolute Gasteiger partial charge is 0.236 e. The molecule has 0 N–H and O–H groups in total. The lowest BCUT2D eigenvalue weighted by Gasteiger charge is -2.07. The van der Waals surface area contributed by atoms with E-state index in [0.717, 1.165) is 28.2 Å². The molecule has 3 rings (SSSR count). The molecule has 0 unspecified atom stereocenters. The minimum absolute atomic E-state index is 0.651. The Morgan fingerprint density at radius 3 is 2.24 bits per heavy atom. The summed E-state index contributed by atoms with van der Waals surface area (Å²) >= 11 is 0. The van der Waals surface area contributed by atoms with Crippen molar-refractivity contribution < 1.29 is 0 Å². The molecule has 2 aromatic carbocycles. The smallest absolute Gasteiger partial charge is 0.159 e. The van der Waals surface area contributed by atoms with Gasteiger partial charge in [0.1, 0.15) is 0 Å². The van der Waals surface area contributed by atoms with Crippen LogP contribution >= 0.6 is 0 Å². The molecule has 0 saturated carbocycles. The Hall–Kier alpha value is -2.99. The Kier molecular flexibility index (Phi) is 3.44. The molecule has 0 saturated heterocycles. The zero-order valence-corrected chi connectivity index (χ0v) is 11.6. The highest BCUT2D eigenvalue weighted by atomic mass is 14.9. The molecular weight excluding hydrogens is 258 g/mol. The van der Waals surface area contributed by atoms with Gasteiger partial charge in [0, 0.05) is 23.0 Å². The maximum Gasteiger partial charge on any atom is 0.159 e. The molecule has 0 atom stereocenters. The predicted molar refractivity (Wildman–Crippen MR) is 82.4 cm³/mol. The number of nitrogens with zero attached hydrogens (tertiary/aromatic N) is 3. The van der Waals surface area contributed by atoms with Gasteiger partial charge in [-0.15, -0.1) is 0 Å². The van der Waals surface area contributed by atoms with Gasteiger partial charge in [0.2, 0.25) is 0 Å². The van der Waals surface area contributed by atoms with Crippen molar-refractivity contribution >= 4 is 0 Å². The summed E-state index contributed by atoms with van der Waals surface area (Å²) in [5.74, 6) is 0.727. The third kappa shape index (κ3) is 2.65. The predicted octanol–water partition coefficient (Wildman–Crippen LogP) is 3.99. The first kappa shape index (κ1) is 13.0. The van der Waals surface area contributed by atoms with Crippen LogP contribution in [0.15, 0.2) is 60.8 Å². The molecule has 1 aromatic heterocycles. The van der Waals surface area contributed by atoms with E-state index >= 15 is 0 Å². The monoisotopic (exact) mass is 271 g/mol. The van der Waals surface area contributed by atoms with E-state index in [1.807, 2.05) is 55.6 Å². The highest BCUT2D eigenvalue weighted by molar-refractivity contribution is 5.67. The topological polar surface area (TPSA) is 49.6 Å². The summed E-state index contributed by atoms with van der Waals surface area (Å²) in [6, 6.07) is 19.5. The van der Waals surface area contributed by atoms with Gasteiger partial charge in [0.05, 0.1) is 11.6 Å². The fourth-order valence-electron chi connectivity index (χ4n) is 2.20. The molecule has 3 heteroatoms. The van der Waals surface area contributed by atoms with Crippen LogP contribution in [0.1, 0.15) is 11.3 Å². The highest BCUT2D eigenvalue weighted by Gasteiger charge is 2.07. The van der Waals surface area contributed by atoms with Gasteiger partial charge in [-0.3, -0.25) is 0 Å². The van der Waals surface area contributed by atoms with E-state index in [1.165, 1.54) is 0 Å². The van der Waals surface area contributed by atoms with Gasteiger partial charge in [-0.1, -0.05) is 42.5 Å². The van der Waals surface area contributed by atoms with Gasteiger partial charge in [-0.2, -0.15) is 5.26 Å². The quantitative estimate of drug-likeness (QED) is 0.708. The van der Waals surface area contributed by atoms with E-state index in [0.29, 0.717) is 5.56 Å². The summed E-state index contributed by atoms with van der Waals surface area (Å²) in [5, 5.41) is 8.84. The van der Waals surface area contributed by atoms with Gasteiger partial charge in [0.25, 0.3) is 0 Å². The molecule has 0 radical (unpaired) electrons. The Bertz CT molecular complexity index is 800. The van der Waals surface area contributed by atoms with Crippen molar-refractivity contribution in [3.8, 4) is 28.6 Å². The molecule has 1 heterocycles. The van der Waals surface area contributed by atoms with E-state index in [-0.39, 0.29) is 0 Å². The third-order valence-corrected chi connectivity index (χ3v) is 3.34. The summed E-state index contributed by atoms with van der Waals surface area (Å²) in [5.41, 5.74) is 4.59. The summed E-state index contributed by atoms with van der Waals surface area (Å²) in [4.78, 5) is 9.04. The van der Waals surface area contributed by atoms with Crippen molar-refractivity contribution in [1.82, 2.24) is 9.97 Å². The normalized spacial score (nSPS) is 10.1. The van der Waals surface area contributed by atoms with E-state index in [4.69, 9.17) is 5.26 Å². The van der Waals surface area contributed by atoms with Gasteiger partial charge in [-0.05, 0) is 24.6 Å². The van der Waals surface area contributed by atoms with Crippen molar-refractivity contribution in [2.45, 2.75) is 6.92 Å². The average Bonchev–Trinajstić information content (AvgIpc) is 2.56. The van der Waals surface area contributed by atoms with Crippen LogP contribution in [0.5, 0.6) is 0 Å². The van der Waals surface area contributed by atoms with Crippen molar-refractivity contribution in [2.75, 3.05) is 0 Å². The van der Waals surface area contributed by atoms with Crippen LogP contribution in [0.4, 0.5) is 0 Å². The van der Waals surface area contributed by atoms with Gasteiger partial charge in [0.15, 0.2) is 5.82 Å². The number of hydrogen-bond acceptors (Lipinski definition) is 3. The Morgan fingerprint density at radius 2 is 1.62 bits per heavy atom. The van der Waals surface area contributed by atoms with Gasteiger partial charge in [-0.25, -0.2) is 9.97 Å². The van der Waals surface area contributed by atoms with Crippen molar-refractivity contribution in [3.05, 3.63) is 72.1 Å². The second-order valence-corrected chi connectivity index (χ2v) is 4.75. The van der Waals surface area contributed by atoms with Crippen molar-refractivity contribution in [2.24, 2.45) is 0 Å². The number of rotatable bonds is 2. The number of nitriles is 1. The van der Waals surface area contributed by atoms with E-state index in [2.05, 4.69) is 16.0 Å². The minimum atomic E-state index is 0.651. The van der Waals surface area contributed by atoms with Gasteiger partial charge < -0.3 is 0 Å². The standard InChI is InChI=1S/C18H13N3/c1-13-17(15-9-7-14(11-19)8-10-15)12-20-18(21-13)16-5-3-2-4-6-16/h2-10,12H,1H3. The van der Waals surface area contributed by atoms with E-state index in [1.54, 1.807) is 12.1 Å². The summed E-state index contributed by atoms with van der Waals surface area (Å²) < 4.78 is 0. The molecule has 0 spiro atoms. The molecule has 0 aliphatic heterocycles. The van der Waals surface area contributed by atoms with Gasteiger partial charge >= 0.3 is 0 Å². The highest BCUT2D eigenvalue weighted by Crippen LogP contribution is 2.24. The van der Waals surface area contributed by atoms with Crippen LogP contribution in [-0.2, 0) is 0 Å². The van der Waals surface area contributed by atoms with Crippen molar-refractivity contribution in [1.29, 1.82) is 5.26 Å². The van der Waals surface area contributed by atoms with Crippen molar-refractivity contribution in [3.63, 3.8) is 0 Å². The Balaban J connectivity index is 2.00. The molecule has 100 valence electrons. The maximum atomic E-state index is 8.84. The first-order chi connectivity index (χ1) is 10.3. The van der Waals surface area contributed by atoms with Crippen LogP contribution in [0.25, 0.3) is 22.5 Å². The van der Waals surface area contributed by atoms with Crippen LogP contribution in [0, 0.1) is 18.3 Å². The molecule has 0 fully saturated rings. The molecule has 3 aromatic rings. The number of hydrogen-bond donors (Lipinski definition) is 0. The second kappa shape index (κ2) is 5.56. The average molecular weight is 271 g/mol. The van der Waals surface area contributed by atoms with Crippen LogP contribution in [0.2, 0.25) is 0 Å². The van der Waals surface area contributed by atoms with Crippen LogP contribution < -0.4 is 0 Å². The lowest BCUT2D eigenvalue weighted by Crippen LogP contribution is -1.94. The lowest BCUT2D eigenvalue weighted by atomic mass is 10.0. The molecule has 0 bridgehead atoms. The Labute approximate surface area is 123 Å². The minimum Gasteiger partial charge on any atom is -0.236 e. The maximum absolute atomic E-state index is 8.84. The molecule has 21 heavy (non-hydrogen) atoms. The second-order valence-electron chi connectivity index (χ2n) is 4.75. The van der Waals surface area contributed by atoms with E-state index < -0.39 is 0 Å². The third-order valence-electron chi connectivity index (χ3n) is 3.34. The zero-order valence-electron chi connectivity index (χ0n) is 11.6. The summed E-state index contributed by atoms with van der Waals surface area (Å²) in [6.07, 6.45) is 1.84. The first-order valence-corrected chi connectivity index (χ1v) is 6.67. The lowest BCUT2D eigenvalue weighted by molar-refractivity contribution is 1.11. The Morgan fingerprint density at radius 1 is 0.905 bits per heavy atom. The molecule has 3 nitrogen and oxygen atoms in total. The number of benzene rings is 2.